The lowest BCUT2D eigenvalue weighted by molar-refractivity contribution is 0.0746. The number of aromatic nitrogens is 1. The quantitative estimate of drug-likeness (QED) is 0.658. The molecule has 0 radical (unpaired) electrons. The van der Waals surface area contributed by atoms with Crippen molar-refractivity contribution in [3.63, 3.8) is 0 Å². The Labute approximate surface area is 155 Å². The van der Waals surface area contributed by atoms with Crippen LogP contribution in [0.2, 0.25) is 0 Å². The number of benzene rings is 2. The summed E-state index contributed by atoms with van der Waals surface area (Å²) < 4.78 is 0.848. The molecular weight excluding hydrogens is 378 g/mol. The molecule has 0 atom stereocenters. The van der Waals surface area contributed by atoms with E-state index in [0.29, 0.717) is 13.1 Å². The molecule has 5 heteroatoms. The van der Waals surface area contributed by atoms with Crippen LogP contribution in [0, 0.1) is 0 Å². The van der Waals surface area contributed by atoms with Crippen LogP contribution in [-0.4, -0.2) is 42.0 Å². The smallest absolute Gasteiger partial charge is 0.255 e. The molecule has 126 valence electrons. The number of para-hydroxylation sites is 1. The molecule has 1 amide bonds. The van der Waals surface area contributed by atoms with Gasteiger partial charge in [0.1, 0.15) is 0 Å². The summed E-state index contributed by atoms with van der Waals surface area (Å²) >= 11 is 3.47. The Bertz CT molecular complexity index is 914. The Morgan fingerprint density at radius 3 is 2.48 bits per heavy atom. The molecule has 4 rings (SSSR count). The van der Waals surface area contributed by atoms with Crippen LogP contribution < -0.4 is 4.90 Å². The van der Waals surface area contributed by atoms with E-state index in [1.54, 1.807) is 0 Å². The van der Waals surface area contributed by atoms with Crippen LogP contribution in [0.5, 0.6) is 0 Å². The first-order valence-electron chi connectivity index (χ1n) is 8.36. The van der Waals surface area contributed by atoms with Crippen molar-refractivity contribution < 1.29 is 4.79 Å². The summed E-state index contributed by atoms with van der Waals surface area (Å²) in [6, 6.07) is 17.9. The van der Waals surface area contributed by atoms with Gasteiger partial charge in [-0.05, 0) is 40.2 Å². The van der Waals surface area contributed by atoms with Crippen LogP contribution >= 0.6 is 15.9 Å². The van der Waals surface area contributed by atoms with E-state index >= 15 is 0 Å². The molecule has 4 nitrogen and oxygen atoms in total. The van der Waals surface area contributed by atoms with Crippen molar-refractivity contribution in [1.82, 2.24) is 9.88 Å². The molecule has 1 fully saturated rings. The average molecular weight is 396 g/mol. The molecule has 0 N–H and O–H groups in total. The molecule has 1 saturated heterocycles. The summed E-state index contributed by atoms with van der Waals surface area (Å²) in [5.41, 5.74) is 2.89. The van der Waals surface area contributed by atoms with E-state index in [-0.39, 0.29) is 5.91 Å². The van der Waals surface area contributed by atoms with Gasteiger partial charge in [0.15, 0.2) is 0 Å². The van der Waals surface area contributed by atoms with Crippen molar-refractivity contribution >= 4 is 38.4 Å². The van der Waals surface area contributed by atoms with Crippen molar-refractivity contribution in [2.75, 3.05) is 31.1 Å². The summed E-state index contributed by atoms with van der Waals surface area (Å²) in [6.45, 7) is 3.05. The van der Waals surface area contributed by atoms with E-state index < -0.39 is 0 Å². The molecule has 0 aliphatic carbocycles. The van der Waals surface area contributed by atoms with Crippen LogP contribution in [0.4, 0.5) is 5.69 Å². The highest BCUT2D eigenvalue weighted by Gasteiger charge is 2.24. The van der Waals surface area contributed by atoms with Crippen LogP contribution in [0.1, 0.15) is 10.4 Å². The number of nitrogens with zero attached hydrogens (tertiary/aromatic N) is 3. The number of hydrogen-bond donors (Lipinski definition) is 0. The number of carbonyl (C=O) groups excluding carboxylic acids is 1. The third-order valence-electron chi connectivity index (χ3n) is 4.62. The first-order valence-corrected chi connectivity index (χ1v) is 9.16. The molecule has 25 heavy (non-hydrogen) atoms. The van der Waals surface area contributed by atoms with Gasteiger partial charge >= 0.3 is 0 Å². The molecule has 0 bridgehead atoms. The van der Waals surface area contributed by atoms with Gasteiger partial charge in [0.2, 0.25) is 0 Å². The summed E-state index contributed by atoms with van der Waals surface area (Å²) in [7, 11) is 0. The molecule has 2 aromatic carbocycles. The van der Waals surface area contributed by atoms with E-state index in [4.69, 9.17) is 0 Å². The minimum absolute atomic E-state index is 0.0863. The fourth-order valence-electron chi connectivity index (χ4n) is 3.30. The lowest BCUT2D eigenvalue weighted by Crippen LogP contribution is -2.49. The highest BCUT2D eigenvalue weighted by Crippen LogP contribution is 2.26. The monoisotopic (exact) mass is 395 g/mol. The van der Waals surface area contributed by atoms with Crippen molar-refractivity contribution in [2.24, 2.45) is 0 Å². The fraction of sp³-hybridized carbons (Fsp3) is 0.200. The summed E-state index contributed by atoms with van der Waals surface area (Å²) in [6.07, 6.45) is 1.83. The van der Waals surface area contributed by atoms with Crippen LogP contribution in [0.25, 0.3) is 10.9 Å². The van der Waals surface area contributed by atoms with Gasteiger partial charge in [0.25, 0.3) is 5.91 Å². The number of rotatable bonds is 2. The van der Waals surface area contributed by atoms with Gasteiger partial charge in [0.05, 0.1) is 16.8 Å². The van der Waals surface area contributed by atoms with Gasteiger partial charge in [-0.15, -0.1) is 0 Å². The summed E-state index contributed by atoms with van der Waals surface area (Å²) in [5, 5.41) is 1.15. The SMILES string of the molecule is O=C(c1ccccc1Br)N1CCN(c2cccc3cccnc23)CC1. The van der Waals surface area contributed by atoms with Crippen LogP contribution in [0.15, 0.2) is 65.3 Å². The number of hydrogen-bond acceptors (Lipinski definition) is 3. The number of fused-ring (bicyclic) bond motifs is 1. The van der Waals surface area contributed by atoms with Gasteiger partial charge in [0, 0.05) is 42.2 Å². The Hall–Kier alpha value is -2.40. The largest absolute Gasteiger partial charge is 0.366 e. The molecular formula is C20H18BrN3O. The Balaban J connectivity index is 1.52. The topological polar surface area (TPSA) is 36.4 Å². The maximum absolute atomic E-state index is 12.7. The Morgan fingerprint density at radius 1 is 0.920 bits per heavy atom. The number of anilines is 1. The summed E-state index contributed by atoms with van der Waals surface area (Å²) in [5.74, 6) is 0.0863. The number of halogens is 1. The maximum atomic E-state index is 12.7. The van der Waals surface area contributed by atoms with E-state index in [1.165, 1.54) is 0 Å². The first kappa shape index (κ1) is 16.1. The normalized spacial score (nSPS) is 14.8. The van der Waals surface area contributed by atoms with E-state index in [2.05, 4.69) is 50.1 Å². The molecule has 1 aromatic heterocycles. The highest BCUT2D eigenvalue weighted by molar-refractivity contribution is 9.10. The van der Waals surface area contributed by atoms with Crippen molar-refractivity contribution in [3.8, 4) is 0 Å². The second-order valence-corrected chi connectivity index (χ2v) is 6.97. The molecule has 1 aliphatic rings. The standard InChI is InChI=1S/C20H18BrN3O/c21-17-8-2-1-7-16(17)20(25)24-13-11-23(12-14-24)18-9-3-5-15-6-4-10-22-19(15)18/h1-10H,11-14H2. The van der Waals surface area contributed by atoms with E-state index in [9.17, 15) is 4.79 Å². The van der Waals surface area contributed by atoms with Crippen molar-refractivity contribution in [2.45, 2.75) is 0 Å². The zero-order valence-corrected chi connectivity index (χ0v) is 15.3. The molecule has 0 spiro atoms. The zero-order chi connectivity index (χ0) is 17.2. The highest BCUT2D eigenvalue weighted by atomic mass is 79.9. The number of carbonyl (C=O) groups is 1. The van der Waals surface area contributed by atoms with E-state index in [1.807, 2.05) is 41.4 Å². The summed E-state index contributed by atoms with van der Waals surface area (Å²) in [4.78, 5) is 21.5. The van der Waals surface area contributed by atoms with Crippen LogP contribution in [-0.2, 0) is 0 Å². The molecule has 2 heterocycles. The number of pyridine rings is 1. The third kappa shape index (κ3) is 3.12. The minimum atomic E-state index is 0.0863. The van der Waals surface area contributed by atoms with Gasteiger partial charge in [-0.2, -0.15) is 0 Å². The second kappa shape index (κ2) is 6.84. The lowest BCUT2D eigenvalue weighted by Gasteiger charge is -2.36. The van der Waals surface area contributed by atoms with Gasteiger partial charge in [-0.3, -0.25) is 9.78 Å². The average Bonchev–Trinajstić information content (AvgIpc) is 2.67. The first-order chi connectivity index (χ1) is 12.2. The minimum Gasteiger partial charge on any atom is -0.366 e. The molecule has 0 saturated carbocycles. The third-order valence-corrected chi connectivity index (χ3v) is 5.31. The number of piperazine rings is 1. The van der Waals surface area contributed by atoms with Gasteiger partial charge in [-0.25, -0.2) is 0 Å². The Kier molecular flexibility index (Phi) is 4.40. The van der Waals surface area contributed by atoms with Gasteiger partial charge in [-0.1, -0.05) is 30.3 Å². The lowest BCUT2D eigenvalue weighted by atomic mass is 10.1. The van der Waals surface area contributed by atoms with E-state index in [0.717, 1.165) is 39.7 Å². The molecule has 3 aromatic rings. The second-order valence-electron chi connectivity index (χ2n) is 6.11. The van der Waals surface area contributed by atoms with Crippen molar-refractivity contribution in [1.29, 1.82) is 0 Å². The fourth-order valence-corrected chi connectivity index (χ4v) is 3.75. The zero-order valence-electron chi connectivity index (χ0n) is 13.7. The predicted molar refractivity (Wildman–Crippen MR) is 104 cm³/mol. The molecule has 0 unspecified atom stereocenters. The number of amides is 1. The maximum Gasteiger partial charge on any atom is 0.255 e. The molecule has 1 aliphatic heterocycles. The van der Waals surface area contributed by atoms with Gasteiger partial charge < -0.3 is 9.80 Å². The predicted octanol–water partition coefficient (Wildman–Crippen LogP) is 3.96. The van der Waals surface area contributed by atoms with Crippen LogP contribution in [0.3, 0.4) is 0 Å². The van der Waals surface area contributed by atoms with Crippen molar-refractivity contribution in [3.05, 3.63) is 70.8 Å². The Morgan fingerprint density at radius 2 is 1.68 bits per heavy atom.